The van der Waals surface area contributed by atoms with Gasteiger partial charge in [-0.3, -0.25) is 18.7 Å². The van der Waals surface area contributed by atoms with Crippen LogP contribution in [0.2, 0.25) is 0 Å². The molecule has 8 nitrogen and oxygen atoms in total. The average molecular weight is 425 g/mol. The number of anilines is 1. The highest BCUT2D eigenvalue weighted by Crippen LogP contribution is 2.25. The highest BCUT2D eigenvalue weighted by atomic mass is 32.1. The quantitative estimate of drug-likeness (QED) is 0.513. The summed E-state index contributed by atoms with van der Waals surface area (Å²) in [5, 5.41) is 4.51. The van der Waals surface area contributed by atoms with E-state index in [2.05, 4.69) is 5.32 Å². The topological polar surface area (TPSA) is 95.5 Å². The fourth-order valence-corrected chi connectivity index (χ4v) is 4.08. The zero-order valence-electron chi connectivity index (χ0n) is 16.4. The van der Waals surface area contributed by atoms with Crippen LogP contribution in [0.1, 0.15) is 11.3 Å². The molecule has 0 atom stereocenters. The first kappa shape index (κ1) is 19.7. The zero-order chi connectivity index (χ0) is 21.3. The summed E-state index contributed by atoms with van der Waals surface area (Å²) in [7, 11) is 1.52. The van der Waals surface area contributed by atoms with Crippen LogP contribution in [-0.4, -0.2) is 22.2 Å². The van der Waals surface area contributed by atoms with Gasteiger partial charge in [-0.05, 0) is 48.2 Å². The lowest BCUT2D eigenvalue weighted by Gasteiger charge is -2.13. The van der Waals surface area contributed by atoms with Crippen molar-refractivity contribution < 1.29 is 13.9 Å². The predicted molar refractivity (Wildman–Crippen MR) is 115 cm³/mol. The number of methoxy groups -OCH3 is 1. The summed E-state index contributed by atoms with van der Waals surface area (Å²) in [6.45, 7) is 1.65. The van der Waals surface area contributed by atoms with Crippen LogP contribution < -0.4 is 21.3 Å². The Hall–Kier alpha value is -3.59. The normalized spacial score (nSPS) is 11.0. The molecule has 154 valence electrons. The Balaban J connectivity index is 1.71. The summed E-state index contributed by atoms with van der Waals surface area (Å²) in [6, 6.07) is 10.5. The molecule has 1 aromatic carbocycles. The minimum absolute atomic E-state index is 0.00811. The van der Waals surface area contributed by atoms with Gasteiger partial charge in [0.05, 0.1) is 31.1 Å². The second kappa shape index (κ2) is 8.03. The van der Waals surface area contributed by atoms with Gasteiger partial charge in [0, 0.05) is 0 Å². The largest absolute Gasteiger partial charge is 0.495 e. The second-order valence-corrected chi connectivity index (χ2v) is 7.64. The van der Waals surface area contributed by atoms with Gasteiger partial charge < -0.3 is 14.5 Å². The van der Waals surface area contributed by atoms with Gasteiger partial charge in [0.2, 0.25) is 5.91 Å². The molecule has 1 N–H and O–H groups in total. The predicted octanol–water partition coefficient (Wildman–Crippen LogP) is 2.82. The van der Waals surface area contributed by atoms with Gasteiger partial charge in [0.15, 0.2) is 0 Å². The standard InChI is InChI=1S/C21H19N3O5S/c1-13-5-6-17(28-2)15(10-13)22-18(25)12-23-16-7-9-30-19(16)20(26)24(21(23)27)11-14-4-3-8-29-14/h3-10H,11-12H2,1-2H3,(H,22,25). The van der Waals surface area contributed by atoms with Gasteiger partial charge in [-0.2, -0.15) is 0 Å². The van der Waals surface area contributed by atoms with Crippen LogP contribution in [0, 0.1) is 6.92 Å². The molecule has 0 saturated heterocycles. The van der Waals surface area contributed by atoms with E-state index in [1.165, 1.54) is 29.3 Å². The summed E-state index contributed by atoms with van der Waals surface area (Å²) >= 11 is 1.23. The fourth-order valence-electron chi connectivity index (χ4n) is 3.24. The maximum atomic E-state index is 13.1. The molecule has 3 aromatic heterocycles. The Kier molecular flexibility index (Phi) is 5.28. The van der Waals surface area contributed by atoms with E-state index in [1.54, 1.807) is 35.7 Å². The maximum absolute atomic E-state index is 13.1. The van der Waals surface area contributed by atoms with Crippen molar-refractivity contribution in [1.82, 2.24) is 9.13 Å². The zero-order valence-corrected chi connectivity index (χ0v) is 17.2. The Morgan fingerprint density at radius 3 is 2.77 bits per heavy atom. The third-order valence-electron chi connectivity index (χ3n) is 4.66. The van der Waals surface area contributed by atoms with Crippen molar-refractivity contribution >= 4 is 33.1 Å². The van der Waals surface area contributed by atoms with E-state index in [0.717, 1.165) is 10.1 Å². The smallest absolute Gasteiger partial charge is 0.332 e. The number of aryl methyl sites for hydroxylation is 1. The molecular formula is C21H19N3O5S. The fraction of sp³-hybridized carbons (Fsp3) is 0.190. The number of nitrogens with zero attached hydrogens (tertiary/aromatic N) is 2. The summed E-state index contributed by atoms with van der Waals surface area (Å²) in [4.78, 5) is 38.6. The van der Waals surface area contributed by atoms with Gasteiger partial charge in [-0.25, -0.2) is 4.79 Å². The molecule has 0 bridgehead atoms. The number of hydrogen-bond donors (Lipinski definition) is 1. The summed E-state index contributed by atoms with van der Waals surface area (Å²) < 4.78 is 13.4. The van der Waals surface area contributed by atoms with Crippen LogP contribution in [0.5, 0.6) is 5.75 Å². The molecule has 0 aliphatic rings. The van der Waals surface area contributed by atoms with E-state index in [9.17, 15) is 14.4 Å². The van der Waals surface area contributed by atoms with Crippen molar-refractivity contribution in [3.05, 3.63) is 80.2 Å². The van der Waals surface area contributed by atoms with E-state index < -0.39 is 17.2 Å². The number of rotatable bonds is 6. The number of fused-ring (bicyclic) bond motifs is 1. The number of furan rings is 1. The number of ether oxygens (including phenoxy) is 1. The van der Waals surface area contributed by atoms with Crippen LogP contribution in [-0.2, 0) is 17.9 Å². The van der Waals surface area contributed by atoms with E-state index in [0.29, 0.717) is 27.4 Å². The van der Waals surface area contributed by atoms with Crippen molar-refractivity contribution in [2.75, 3.05) is 12.4 Å². The molecule has 4 rings (SSSR count). The Labute approximate surface area is 174 Å². The van der Waals surface area contributed by atoms with Gasteiger partial charge >= 0.3 is 5.69 Å². The number of amides is 1. The first-order chi connectivity index (χ1) is 14.5. The van der Waals surface area contributed by atoms with E-state index in [4.69, 9.17) is 9.15 Å². The van der Waals surface area contributed by atoms with E-state index >= 15 is 0 Å². The summed E-state index contributed by atoms with van der Waals surface area (Å²) in [6.07, 6.45) is 1.48. The first-order valence-electron chi connectivity index (χ1n) is 9.15. The molecule has 0 fully saturated rings. The highest BCUT2D eigenvalue weighted by molar-refractivity contribution is 7.17. The van der Waals surface area contributed by atoms with Crippen LogP contribution >= 0.6 is 11.3 Å². The summed E-state index contributed by atoms with van der Waals surface area (Å²) in [5.74, 6) is 0.590. The third kappa shape index (κ3) is 3.67. The van der Waals surface area contributed by atoms with Crippen molar-refractivity contribution in [3.63, 3.8) is 0 Å². The first-order valence-corrected chi connectivity index (χ1v) is 10.0. The highest BCUT2D eigenvalue weighted by Gasteiger charge is 2.18. The molecule has 1 amide bonds. The lowest BCUT2D eigenvalue weighted by molar-refractivity contribution is -0.116. The molecular weight excluding hydrogens is 406 g/mol. The summed E-state index contributed by atoms with van der Waals surface area (Å²) in [5.41, 5.74) is 0.917. The second-order valence-electron chi connectivity index (χ2n) is 6.73. The molecule has 3 heterocycles. The Bertz CT molecular complexity index is 1330. The van der Waals surface area contributed by atoms with Crippen LogP contribution in [0.15, 0.2) is 62.0 Å². The number of nitrogens with one attached hydrogen (secondary N) is 1. The number of carbonyl (C=O) groups is 1. The molecule has 0 aliphatic heterocycles. The third-order valence-corrected chi connectivity index (χ3v) is 5.55. The number of aromatic nitrogens is 2. The SMILES string of the molecule is COc1ccc(C)cc1NC(=O)Cn1c(=O)n(Cc2ccco2)c(=O)c2sccc21. The average Bonchev–Trinajstić information content (AvgIpc) is 3.41. The van der Waals surface area contributed by atoms with E-state index in [-0.39, 0.29) is 13.1 Å². The van der Waals surface area contributed by atoms with E-state index in [1.807, 2.05) is 13.0 Å². The Morgan fingerprint density at radius 1 is 1.20 bits per heavy atom. The van der Waals surface area contributed by atoms with Gasteiger partial charge in [0.1, 0.15) is 22.8 Å². The Morgan fingerprint density at radius 2 is 2.03 bits per heavy atom. The lowest BCUT2D eigenvalue weighted by Crippen LogP contribution is -2.41. The minimum Gasteiger partial charge on any atom is -0.495 e. The van der Waals surface area contributed by atoms with Crippen molar-refractivity contribution in [3.8, 4) is 5.75 Å². The van der Waals surface area contributed by atoms with Crippen LogP contribution in [0.3, 0.4) is 0 Å². The molecule has 0 spiro atoms. The molecule has 0 unspecified atom stereocenters. The monoisotopic (exact) mass is 425 g/mol. The van der Waals surface area contributed by atoms with Gasteiger partial charge in [0.25, 0.3) is 5.56 Å². The minimum atomic E-state index is -0.575. The molecule has 0 radical (unpaired) electrons. The molecule has 9 heteroatoms. The molecule has 0 aliphatic carbocycles. The van der Waals surface area contributed by atoms with Crippen molar-refractivity contribution in [2.45, 2.75) is 20.0 Å². The van der Waals surface area contributed by atoms with Crippen LogP contribution in [0.4, 0.5) is 5.69 Å². The van der Waals surface area contributed by atoms with Crippen molar-refractivity contribution in [1.29, 1.82) is 0 Å². The molecule has 4 aromatic rings. The number of carbonyl (C=O) groups excluding carboxylic acids is 1. The van der Waals surface area contributed by atoms with Crippen molar-refractivity contribution in [2.24, 2.45) is 0 Å². The van der Waals surface area contributed by atoms with Gasteiger partial charge in [-0.1, -0.05) is 6.07 Å². The number of thiophene rings is 1. The van der Waals surface area contributed by atoms with Gasteiger partial charge in [-0.15, -0.1) is 11.3 Å². The van der Waals surface area contributed by atoms with Crippen LogP contribution in [0.25, 0.3) is 10.2 Å². The maximum Gasteiger partial charge on any atom is 0.332 e. The molecule has 30 heavy (non-hydrogen) atoms. The number of benzene rings is 1. The molecule has 0 saturated carbocycles. The lowest BCUT2D eigenvalue weighted by atomic mass is 10.2. The number of hydrogen-bond acceptors (Lipinski definition) is 6.